The van der Waals surface area contributed by atoms with Gasteiger partial charge < -0.3 is 29.9 Å². The first kappa shape index (κ1) is 26.8. The van der Waals surface area contributed by atoms with Crippen LogP contribution in [0.4, 0.5) is 19.3 Å². The summed E-state index contributed by atoms with van der Waals surface area (Å²) < 4.78 is 32.4. The van der Waals surface area contributed by atoms with Crippen LogP contribution in [0.5, 0.6) is 5.75 Å². The number of hydrogen-bond acceptors (Lipinski definition) is 4. The van der Waals surface area contributed by atoms with Gasteiger partial charge in [0.1, 0.15) is 17.4 Å². The second kappa shape index (κ2) is 10.5. The molecular formula is C31H30F2N4O4. The Hall–Kier alpha value is -4.44. The van der Waals surface area contributed by atoms with Crippen molar-refractivity contribution in [2.45, 2.75) is 24.3 Å². The Morgan fingerprint density at radius 3 is 2.32 bits per heavy atom. The van der Waals surface area contributed by atoms with E-state index in [0.717, 1.165) is 22.2 Å². The SMILES string of the molecule is COc1ccc2c3c([nH]c2c1)[C@@H](CO)N(C(=O)c1ccc(F)cc1)CC31CCN(C(=O)Nc2ccc(F)cc2)CC1. The van der Waals surface area contributed by atoms with Crippen LogP contribution in [0.3, 0.4) is 0 Å². The minimum Gasteiger partial charge on any atom is -0.497 e. The van der Waals surface area contributed by atoms with Crippen molar-refractivity contribution in [3.63, 3.8) is 0 Å². The molecule has 1 fully saturated rings. The Kier molecular flexibility index (Phi) is 6.86. The van der Waals surface area contributed by atoms with Gasteiger partial charge in [-0.15, -0.1) is 0 Å². The molecule has 41 heavy (non-hydrogen) atoms. The molecule has 2 aliphatic heterocycles. The molecule has 1 aromatic heterocycles. The second-order valence-corrected chi connectivity index (χ2v) is 10.7. The maximum atomic E-state index is 13.8. The number of methoxy groups -OCH3 is 1. The first-order chi connectivity index (χ1) is 19.8. The van der Waals surface area contributed by atoms with Crippen molar-refractivity contribution in [3.8, 4) is 5.75 Å². The van der Waals surface area contributed by atoms with Crippen molar-refractivity contribution >= 4 is 28.5 Å². The molecule has 1 atom stereocenters. The zero-order chi connectivity index (χ0) is 28.7. The number of ether oxygens (including phenoxy) is 1. The highest BCUT2D eigenvalue weighted by Gasteiger charge is 2.49. The summed E-state index contributed by atoms with van der Waals surface area (Å²) in [5, 5.41) is 14.4. The van der Waals surface area contributed by atoms with Crippen molar-refractivity contribution in [3.05, 3.63) is 95.2 Å². The van der Waals surface area contributed by atoms with E-state index in [1.165, 1.54) is 48.5 Å². The fourth-order valence-electron chi connectivity index (χ4n) is 6.26. The Bertz CT molecular complexity index is 1600. The maximum absolute atomic E-state index is 13.8. The summed E-state index contributed by atoms with van der Waals surface area (Å²) >= 11 is 0. The number of hydrogen-bond donors (Lipinski definition) is 3. The molecule has 2 aliphatic rings. The van der Waals surface area contributed by atoms with Gasteiger partial charge in [0.2, 0.25) is 0 Å². The number of aromatic amines is 1. The molecule has 0 saturated carbocycles. The number of carbonyl (C=O) groups excluding carboxylic acids is 2. The van der Waals surface area contributed by atoms with E-state index in [1.807, 2.05) is 18.2 Å². The number of H-pyrrole nitrogens is 1. The minimum absolute atomic E-state index is 0.279. The average Bonchev–Trinajstić information content (AvgIpc) is 3.38. The van der Waals surface area contributed by atoms with Crippen molar-refractivity contribution in [2.24, 2.45) is 0 Å². The number of halogens is 2. The van der Waals surface area contributed by atoms with Crippen LogP contribution in [-0.4, -0.2) is 65.2 Å². The van der Waals surface area contributed by atoms with Crippen molar-refractivity contribution < 1.29 is 28.2 Å². The molecule has 4 aromatic rings. The number of aliphatic hydroxyl groups is 1. The summed E-state index contributed by atoms with van der Waals surface area (Å²) in [4.78, 5) is 33.7. The lowest BCUT2D eigenvalue weighted by Crippen LogP contribution is -2.56. The summed E-state index contributed by atoms with van der Waals surface area (Å²) in [5.41, 5.74) is 2.95. The summed E-state index contributed by atoms with van der Waals surface area (Å²) in [6.45, 7) is 0.884. The van der Waals surface area contributed by atoms with Gasteiger partial charge in [-0.1, -0.05) is 0 Å². The standard InChI is InChI=1S/C31H30F2N4O4/c1-41-23-10-11-24-25(16-23)35-28-26(17-38)37(29(39)19-2-4-20(32)5-3-19)18-31(27(24)28)12-14-36(15-13-31)30(40)34-22-8-6-21(33)7-9-22/h2-11,16,26,35,38H,12-15,17-18H2,1H3,(H,34,40)/t26-/m1/s1. The Labute approximate surface area is 235 Å². The molecule has 3 heterocycles. The Balaban J connectivity index is 1.36. The van der Waals surface area contributed by atoms with Crippen molar-refractivity contribution in [1.82, 2.24) is 14.8 Å². The smallest absolute Gasteiger partial charge is 0.321 e. The van der Waals surface area contributed by atoms with Crippen LogP contribution in [0.15, 0.2) is 66.7 Å². The zero-order valence-corrected chi connectivity index (χ0v) is 22.5. The van der Waals surface area contributed by atoms with E-state index >= 15 is 0 Å². The average molecular weight is 561 g/mol. The van der Waals surface area contributed by atoms with Crippen molar-refractivity contribution in [2.75, 3.05) is 38.7 Å². The molecule has 0 radical (unpaired) electrons. The number of piperidine rings is 1. The van der Waals surface area contributed by atoms with Crippen LogP contribution in [0.25, 0.3) is 10.9 Å². The lowest BCUT2D eigenvalue weighted by molar-refractivity contribution is 0.0371. The molecule has 3 aromatic carbocycles. The first-order valence-corrected chi connectivity index (χ1v) is 13.5. The molecule has 0 aliphatic carbocycles. The number of fused-ring (bicyclic) bond motifs is 4. The van der Waals surface area contributed by atoms with Crippen LogP contribution >= 0.6 is 0 Å². The van der Waals surface area contributed by atoms with E-state index in [2.05, 4.69) is 10.3 Å². The fourth-order valence-corrected chi connectivity index (χ4v) is 6.26. The van der Waals surface area contributed by atoms with Gasteiger partial charge >= 0.3 is 6.03 Å². The highest BCUT2D eigenvalue weighted by atomic mass is 19.1. The predicted molar refractivity (Wildman–Crippen MR) is 150 cm³/mol. The van der Waals surface area contributed by atoms with E-state index in [9.17, 15) is 23.5 Å². The lowest BCUT2D eigenvalue weighted by atomic mass is 9.68. The van der Waals surface area contributed by atoms with E-state index in [4.69, 9.17) is 4.74 Å². The number of benzene rings is 3. The van der Waals surface area contributed by atoms with E-state index in [1.54, 1.807) is 16.9 Å². The van der Waals surface area contributed by atoms with Gasteiger partial charge in [-0.05, 0) is 79.1 Å². The summed E-state index contributed by atoms with van der Waals surface area (Å²) in [5.74, 6) is -0.444. The van der Waals surface area contributed by atoms with Crippen LogP contribution in [0.2, 0.25) is 0 Å². The maximum Gasteiger partial charge on any atom is 0.321 e. The van der Waals surface area contributed by atoms with Gasteiger partial charge in [-0.25, -0.2) is 13.6 Å². The molecule has 6 rings (SSSR count). The van der Waals surface area contributed by atoms with Crippen molar-refractivity contribution in [1.29, 1.82) is 0 Å². The molecule has 0 unspecified atom stereocenters. The number of urea groups is 1. The number of carbonyl (C=O) groups is 2. The van der Waals surface area contributed by atoms with Gasteiger partial charge in [-0.3, -0.25) is 4.79 Å². The van der Waals surface area contributed by atoms with Gasteiger partial charge in [0.15, 0.2) is 0 Å². The number of likely N-dealkylation sites (tertiary alicyclic amines) is 1. The molecule has 0 bridgehead atoms. The largest absolute Gasteiger partial charge is 0.497 e. The zero-order valence-electron chi connectivity index (χ0n) is 22.5. The van der Waals surface area contributed by atoms with Gasteiger partial charge in [0, 0.05) is 59.0 Å². The molecule has 212 valence electrons. The minimum atomic E-state index is -0.633. The van der Waals surface area contributed by atoms with E-state index in [-0.39, 0.29) is 24.4 Å². The highest BCUT2D eigenvalue weighted by Crippen LogP contribution is 2.49. The van der Waals surface area contributed by atoms with Crippen LogP contribution < -0.4 is 10.1 Å². The first-order valence-electron chi connectivity index (χ1n) is 13.5. The number of rotatable bonds is 4. The Morgan fingerprint density at radius 2 is 1.68 bits per heavy atom. The monoisotopic (exact) mass is 560 g/mol. The number of nitrogens with zero attached hydrogens (tertiary/aromatic N) is 2. The Morgan fingerprint density at radius 1 is 1.02 bits per heavy atom. The highest BCUT2D eigenvalue weighted by molar-refractivity contribution is 5.96. The third-order valence-corrected chi connectivity index (χ3v) is 8.38. The fraction of sp³-hybridized carbons (Fsp3) is 0.290. The second-order valence-electron chi connectivity index (χ2n) is 10.7. The summed E-state index contributed by atoms with van der Waals surface area (Å²) in [6, 6.07) is 15.9. The van der Waals surface area contributed by atoms with Crippen LogP contribution in [0.1, 0.15) is 40.5 Å². The van der Waals surface area contributed by atoms with Crippen LogP contribution in [0, 0.1) is 11.6 Å². The topological polar surface area (TPSA) is 97.9 Å². The molecule has 1 spiro atoms. The number of nitrogens with one attached hydrogen (secondary N) is 2. The van der Waals surface area contributed by atoms with Gasteiger partial charge in [-0.2, -0.15) is 0 Å². The molecule has 8 nitrogen and oxygen atoms in total. The molecule has 3 N–H and O–H groups in total. The van der Waals surface area contributed by atoms with Gasteiger partial charge in [0.05, 0.1) is 19.8 Å². The summed E-state index contributed by atoms with van der Waals surface area (Å²) in [6.07, 6.45) is 1.14. The molecule has 10 heteroatoms. The van der Waals surface area contributed by atoms with Gasteiger partial charge in [0.25, 0.3) is 5.91 Å². The molecule has 1 saturated heterocycles. The number of anilines is 1. The normalized spacial score (nSPS) is 17.9. The van der Waals surface area contributed by atoms with Crippen LogP contribution in [-0.2, 0) is 5.41 Å². The number of amides is 3. The third-order valence-electron chi connectivity index (χ3n) is 8.38. The third kappa shape index (κ3) is 4.78. The lowest BCUT2D eigenvalue weighted by Gasteiger charge is -2.50. The predicted octanol–water partition coefficient (Wildman–Crippen LogP) is 5.21. The van der Waals surface area contributed by atoms with E-state index in [0.29, 0.717) is 49.5 Å². The molecule has 3 amide bonds. The number of aliphatic hydroxyl groups excluding tert-OH is 1. The molecular weight excluding hydrogens is 530 g/mol. The quantitative estimate of drug-likeness (QED) is 0.319. The summed E-state index contributed by atoms with van der Waals surface area (Å²) in [7, 11) is 1.60. The van der Waals surface area contributed by atoms with E-state index < -0.39 is 17.3 Å². The number of aromatic nitrogens is 1.